The van der Waals surface area contributed by atoms with Gasteiger partial charge in [0.15, 0.2) is 0 Å². The Morgan fingerprint density at radius 3 is 2.30 bits per heavy atom. The Morgan fingerprint density at radius 2 is 1.53 bits per heavy atom. The minimum atomic E-state index is 0.394. The standard InChI is InChI=1S/C29H29N/c1-17(2)20-10-11-24-22(14-20)16-28(18(3)4)30-29(24)27-13-19(5)12-25-23-9-7-6-8-21(23)15-26(25)27/h6-14,16-18H,15H2,1-5H3. The van der Waals surface area contributed by atoms with Crippen LogP contribution < -0.4 is 0 Å². The lowest BCUT2D eigenvalue weighted by atomic mass is 9.91. The number of fused-ring (bicyclic) bond motifs is 4. The minimum absolute atomic E-state index is 0.394. The van der Waals surface area contributed by atoms with Gasteiger partial charge in [-0.1, -0.05) is 76.2 Å². The summed E-state index contributed by atoms with van der Waals surface area (Å²) in [6, 6.07) is 22.7. The van der Waals surface area contributed by atoms with Crippen molar-refractivity contribution in [2.45, 2.75) is 52.9 Å². The smallest absolute Gasteiger partial charge is 0.0786 e. The molecule has 0 atom stereocenters. The van der Waals surface area contributed by atoms with Gasteiger partial charge in [-0.05, 0) is 76.1 Å². The van der Waals surface area contributed by atoms with Gasteiger partial charge in [0.2, 0.25) is 0 Å². The van der Waals surface area contributed by atoms with E-state index in [2.05, 4.69) is 95.3 Å². The number of nitrogens with zero attached hydrogens (tertiary/aromatic N) is 1. The predicted octanol–water partition coefficient (Wildman–Crippen LogP) is 8.03. The van der Waals surface area contributed by atoms with Crippen molar-refractivity contribution in [3.63, 3.8) is 0 Å². The molecule has 1 nitrogen and oxygen atoms in total. The number of pyridine rings is 1. The van der Waals surface area contributed by atoms with Crippen LogP contribution in [0.3, 0.4) is 0 Å². The van der Waals surface area contributed by atoms with Crippen LogP contribution in [0.1, 0.15) is 67.5 Å². The summed E-state index contributed by atoms with van der Waals surface area (Å²) in [5.74, 6) is 0.914. The van der Waals surface area contributed by atoms with Crippen molar-refractivity contribution in [1.29, 1.82) is 0 Å². The first-order valence-corrected chi connectivity index (χ1v) is 11.1. The Balaban J connectivity index is 1.81. The van der Waals surface area contributed by atoms with Crippen molar-refractivity contribution in [2.75, 3.05) is 0 Å². The van der Waals surface area contributed by atoms with Crippen LogP contribution >= 0.6 is 0 Å². The molecular weight excluding hydrogens is 362 g/mol. The number of aryl methyl sites for hydroxylation is 1. The second-order valence-electron chi connectivity index (χ2n) is 9.36. The van der Waals surface area contributed by atoms with Crippen molar-refractivity contribution in [3.8, 4) is 22.4 Å². The van der Waals surface area contributed by atoms with E-state index in [4.69, 9.17) is 4.98 Å². The quantitative estimate of drug-likeness (QED) is 0.303. The number of rotatable bonds is 3. The fourth-order valence-electron chi connectivity index (χ4n) is 4.74. The molecule has 0 saturated carbocycles. The first kappa shape index (κ1) is 19.1. The van der Waals surface area contributed by atoms with Crippen LogP contribution in [0.25, 0.3) is 33.2 Å². The van der Waals surface area contributed by atoms with Gasteiger partial charge in [-0.25, -0.2) is 0 Å². The van der Waals surface area contributed by atoms with Gasteiger partial charge in [-0.15, -0.1) is 0 Å². The van der Waals surface area contributed by atoms with E-state index in [0.717, 1.165) is 12.1 Å². The van der Waals surface area contributed by atoms with Crippen molar-refractivity contribution in [3.05, 3.63) is 88.6 Å². The van der Waals surface area contributed by atoms with Gasteiger partial charge in [0.25, 0.3) is 0 Å². The van der Waals surface area contributed by atoms with Crippen LogP contribution in [-0.2, 0) is 6.42 Å². The maximum absolute atomic E-state index is 5.23. The Kier molecular flexibility index (Phi) is 4.50. The second-order valence-corrected chi connectivity index (χ2v) is 9.36. The topological polar surface area (TPSA) is 12.9 Å². The lowest BCUT2D eigenvalue weighted by molar-refractivity contribution is 0.827. The zero-order chi connectivity index (χ0) is 21.0. The highest BCUT2D eigenvalue weighted by Gasteiger charge is 2.24. The van der Waals surface area contributed by atoms with E-state index in [9.17, 15) is 0 Å². The number of hydrogen-bond donors (Lipinski definition) is 0. The SMILES string of the molecule is Cc1cc2c(c(-c3nc(C(C)C)cc4cc(C(C)C)ccc34)c1)Cc1ccccc1-2. The molecule has 1 aliphatic rings. The van der Waals surface area contributed by atoms with Crippen LogP contribution in [0.4, 0.5) is 0 Å². The molecular formula is C29H29N. The third kappa shape index (κ3) is 3.04. The van der Waals surface area contributed by atoms with Gasteiger partial charge in [0.1, 0.15) is 0 Å². The van der Waals surface area contributed by atoms with Gasteiger partial charge >= 0.3 is 0 Å². The van der Waals surface area contributed by atoms with Crippen molar-refractivity contribution in [1.82, 2.24) is 4.98 Å². The predicted molar refractivity (Wildman–Crippen MR) is 128 cm³/mol. The second kappa shape index (κ2) is 7.09. The van der Waals surface area contributed by atoms with E-state index in [1.807, 2.05) is 0 Å². The third-order valence-electron chi connectivity index (χ3n) is 6.46. The fourth-order valence-corrected chi connectivity index (χ4v) is 4.74. The molecule has 0 bridgehead atoms. The Bertz CT molecular complexity index is 1270. The molecule has 0 aliphatic heterocycles. The van der Waals surface area contributed by atoms with Gasteiger partial charge < -0.3 is 0 Å². The number of benzene rings is 3. The molecule has 0 spiro atoms. The van der Waals surface area contributed by atoms with Crippen molar-refractivity contribution < 1.29 is 0 Å². The summed E-state index contributed by atoms with van der Waals surface area (Å²) in [5, 5.41) is 2.56. The zero-order valence-corrected chi connectivity index (χ0v) is 18.6. The molecule has 3 aromatic carbocycles. The molecule has 5 rings (SSSR count). The molecule has 1 heterocycles. The molecule has 0 N–H and O–H groups in total. The average Bonchev–Trinajstić information content (AvgIpc) is 3.10. The first-order valence-electron chi connectivity index (χ1n) is 11.1. The van der Waals surface area contributed by atoms with E-state index in [1.54, 1.807) is 0 Å². The van der Waals surface area contributed by atoms with E-state index >= 15 is 0 Å². The lowest BCUT2D eigenvalue weighted by Gasteiger charge is -2.17. The van der Waals surface area contributed by atoms with Gasteiger partial charge in [0.05, 0.1) is 5.69 Å². The molecule has 0 radical (unpaired) electrons. The summed E-state index contributed by atoms with van der Waals surface area (Å²) in [4.78, 5) is 5.23. The molecule has 0 saturated heterocycles. The highest BCUT2D eigenvalue weighted by atomic mass is 14.7. The summed E-state index contributed by atoms with van der Waals surface area (Å²) < 4.78 is 0. The van der Waals surface area contributed by atoms with Crippen molar-refractivity contribution in [2.24, 2.45) is 0 Å². The fraction of sp³-hybridized carbons (Fsp3) is 0.276. The molecule has 0 amide bonds. The normalized spacial score (nSPS) is 12.6. The van der Waals surface area contributed by atoms with Crippen LogP contribution in [0.5, 0.6) is 0 Å². The molecule has 150 valence electrons. The van der Waals surface area contributed by atoms with Gasteiger partial charge in [0, 0.05) is 16.6 Å². The Hall–Kier alpha value is -2.93. The molecule has 0 unspecified atom stereocenters. The van der Waals surface area contributed by atoms with E-state index in [0.29, 0.717) is 11.8 Å². The summed E-state index contributed by atoms with van der Waals surface area (Å²) >= 11 is 0. The average molecular weight is 392 g/mol. The molecule has 0 fully saturated rings. The maximum atomic E-state index is 5.23. The van der Waals surface area contributed by atoms with Crippen LogP contribution in [-0.4, -0.2) is 4.98 Å². The molecule has 1 aliphatic carbocycles. The van der Waals surface area contributed by atoms with Crippen LogP contribution in [0, 0.1) is 6.92 Å². The summed E-state index contributed by atoms with van der Waals surface area (Å²) in [5.41, 5.74) is 11.9. The van der Waals surface area contributed by atoms with Crippen LogP contribution in [0.15, 0.2) is 60.7 Å². The first-order chi connectivity index (χ1) is 14.4. The highest BCUT2D eigenvalue weighted by Crippen LogP contribution is 2.43. The van der Waals surface area contributed by atoms with Crippen molar-refractivity contribution >= 4 is 10.8 Å². The monoisotopic (exact) mass is 391 g/mol. The maximum Gasteiger partial charge on any atom is 0.0786 e. The summed E-state index contributed by atoms with van der Waals surface area (Å²) in [7, 11) is 0. The van der Waals surface area contributed by atoms with Gasteiger partial charge in [-0.2, -0.15) is 0 Å². The largest absolute Gasteiger partial charge is 0.252 e. The molecule has 30 heavy (non-hydrogen) atoms. The van der Waals surface area contributed by atoms with Gasteiger partial charge in [-0.3, -0.25) is 4.98 Å². The number of aromatic nitrogens is 1. The molecule has 4 aromatic rings. The van der Waals surface area contributed by atoms with E-state index in [1.165, 1.54) is 55.4 Å². The zero-order valence-electron chi connectivity index (χ0n) is 18.6. The lowest BCUT2D eigenvalue weighted by Crippen LogP contribution is -2.00. The number of hydrogen-bond acceptors (Lipinski definition) is 1. The Labute approximate surface area is 179 Å². The summed E-state index contributed by atoms with van der Waals surface area (Å²) in [6.07, 6.45) is 0.986. The Morgan fingerprint density at radius 1 is 0.767 bits per heavy atom. The third-order valence-corrected chi connectivity index (χ3v) is 6.46. The van der Waals surface area contributed by atoms with E-state index in [-0.39, 0.29) is 0 Å². The highest BCUT2D eigenvalue weighted by molar-refractivity contribution is 5.98. The van der Waals surface area contributed by atoms with Crippen LogP contribution in [0.2, 0.25) is 0 Å². The molecule has 1 aromatic heterocycles. The summed E-state index contributed by atoms with van der Waals surface area (Å²) in [6.45, 7) is 11.2. The molecule has 1 heteroatoms. The van der Waals surface area contributed by atoms with E-state index < -0.39 is 0 Å². The minimum Gasteiger partial charge on any atom is -0.252 e.